The Kier molecular flexibility index (Phi) is 6.53. The smallest absolute Gasteiger partial charge is 0.248 e. The maximum atomic E-state index is 13.5. The number of furan rings is 1. The third-order valence-corrected chi connectivity index (χ3v) is 7.64. The van der Waals surface area contributed by atoms with E-state index in [4.69, 9.17) is 8.94 Å². The summed E-state index contributed by atoms with van der Waals surface area (Å²) in [5.41, 5.74) is 3.10. The van der Waals surface area contributed by atoms with Crippen molar-refractivity contribution in [1.82, 2.24) is 9.46 Å². The highest BCUT2D eigenvalue weighted by molar-refractivity contribution is 7.89. The summed E-state index contributed by atoms with van der Waals surface area (Å²) in [5.74, 6) is 0.0655. The molecule has 9 heteroatoms. The summed E-state index contributed by atoms with van der Waals surface area (Å²) in [4.78, 5) is 12.9. The first-order valence-corrected chi connectivity index (χ1v) is 12.3. The molecule has 1 N–H and O–H groups in total. The Morgan fingerprint density at radius 2 is 1.94 bits per heavy atom. The summed E-state index contributed by atoms with van der Waals surface area (Å²) in [5, 5.41) is 6.81. The molecule has 0 aliphatic carbocycles. The molecule has 1 saturated heterocycles. The van der Waals surface area contributed by atoms with E-state index in [1.165, 1.54) is 16.6 Å². The predicted octanol–water partition coefficient (Wildman–Crippen LogP) is 4.40. The minimum Gasteiger partial charge on any atom is -0.465 e. The molecule has 1 unspecified atom stereocenters. The third kappa shape index (κ3) is 5.09. The highest BCUT2D eigenvalue weighted by Gasteiger charge is 2.37. The van der Waals surface area contributed by atoms with Crippen LogP contribution in [0.1, 0.15) is 41.2 Å². The van der Waals surface area contributed by atoms with E-state index in [9.17, 15) is 13.2 Å². The Balaban J connectivity index is 1.53. The molecule has 1 amide bonds. The van der Waals surface area contributed by atoms with Crippen LogP contribution in [-0.2, 0) is 14.8 Å². The number of anilines is 1. The van der Waals surface area contributed by atoms with Gasteiger partial charge in [-0.3, -0.25) is 4.79 Å². The van der Waals surface area contributed by atoms with Crippen LogP contribution in [0.4, 0.5) is 5.69 Å². The lowest BCUT2D eigenvalue weighted by Gasteiger charge is -2.31. The zero-order valence-corrected chi connectivity index (χ0v) is 19.7. The number of sulfonamides is 1. The number of aryl methyl sites for hydroxylation is 3. The Morgan fingerprint density at radius 3 is 2.64 bits per heavy atom. The van der Waals surface area contributed by atoms with Crippen molar-refractivity contribution in [1.29, 1.82) is 0 Å². The summed E-state index contributed by atoms with van der Waals surface area (Å²) >= 11 is 0. The lowest BCUT2D eigenvalue weighted by atomic mass is 9.98. The number of carbonyl (C=O) groups is 1. The lowest BCUT2D eigenvalue weighted by Crippen LogP contribution is -2.43. The van der Waals surface area contributed by atoms with E-state index in [2.05, 4.69) is 10.5 Å². The van der Waals surface area contributed by atoms with Gasteiger partial charge in [0.05, 0.1) is 12.2 Å². The fraction of sp³-hybridized carbons (Fsp3) is 0.333. The number of carbonyl (C=O) groups excluding carboxylic acids is 1. The van der Waals surface area contributed by atoms with E-state index >= 15 is 0 Å². The molecule has 33 heavy (non-hydrogen) atoms. The Hall–Kier alpha value is -3.17. The molecule has 0 spiro atoms. The van der Waals surface area contributed by atoms with Crippen LogP contribution in [0, 0.1) is 26.7 Å². The normalized spacial score (nSPS) is 17.5. The van der Waals surface area contributed by atoms with E-state index in [1.54, 1.807) is 25.1 Å². The highest BCUT2D eigenvalue weighted by Crippen LogP contribution is 2.30. The van der Waals surface area contributed by atoms with Crippen molar-refractivity contribution in [3.63, 3.8) is 0 Å². The number of amides is 1. The van der Waals surface area contributed by atoms with Gasteiger partial charge in [0, 0.05) is 18.8 Å². The lowest BCUT2D eigenvalue weighted by molar-refractivity contribution is -0.120. The molecule has 4 rings (SSSR count). The van der Waals surface area contributed by atoms with Gasteiger partial charge in [0.25, 0.3) is 0 Å². The van der Waals surface area contributed by atoms with Crippen molar-refractivity contribution in [2.45, 2.75) is 38.5 Å². The molecule has 1 fully saturated rings. The van der Waals surface area contributed by atoms with Gasteiger partial charge >= 0.3 is 0 Å². The molecule has 2 aromatic heterocycles. The molecule has 0 saturated carbocycles. The van der Waals surface area contributed by atoms with Gasteiger partial charge in [-0.25, -0.2) is 8.42 Å². The summed E-state index contributed by atoms with van der Waals surface area (Å²) in [6.07, 6.45) is 5.89. The Bertz CT molecular complexity index is 1260. The van der Waals surface area contributed by atoms with Gasteiger partial charge in [-0.05, 0) is 81.2 Å². The second kappa shape index (κ2) is 9.36. The van der Waals surface area contributed by atoms with Gasteiger partial charge < -0.3 is 14.3 Å². The number of aromatic nitrogens is 1. The summed E-state index contributed by atoms with van der Waals surface area (Å²) < 4.78 is 38.9. The van der Waals surface area contributed by atoms with Crippen LogP contribution in [0.5, 0.6) is 0 Å². The molecule has 1 aromatic carbocycles. The average molecular weight is 470 g/mol. The monoisotopic (exact) mass is 469 g/mol. The van der Waals surface area contributed by atoms with Crippen LogP contribution in [-0.4, -0.2) is 36.9 Å². The predicted molar refractivity (Wildman–Crippen MR) is 125 cm³/mol. The number of nitrogens with zero attached hydrogens (tertiary/aromatic N) is 2. The zero-order chi connectivity index (χ0) is 23.6. The van der Waals surface area contributed by atoms with Crippen molar-refractivity contribution >= 4 is 33.8 Å². The van der Waals surface area contributed by atoms with E-state index in [0.717, 1.165) is 16.8 Å². The Labute approximate surface area is 193 Å². The van der Waals surface area contributed by atoms with Crippen LogP contribution in [0.25, 0.3) is 12.2 Å². The van der Waals surface area contributed by atoms with E-state index < -0.39 is 15.9 Å². The minimum atomic E-state index is -3.91. The fourth-order valence-electron chi connectivity index (χ4n) is 4.14. The van der Waals surface area contributed by atoms with E-state index in [-0.39, 0.29) is 28.8 Å². The zero-order valence-electron chi connectivity index (χ0n) is 18.9. The van der Waals surface area contributed by atoms with Crippen molar-refractivity contribution in [2.75, 3.05) is 18.4 Å². The van der Waals surface area contributed by atoms with Crippen molar-refractivity contribution in [2.24, 2.45) is 5.92 Å². The van der Waals surface area contributed by atoms with Gasteiger partial charge in [-0.1, -0.05) is 11.2 Å². The fourth-order valence-corrected chi connectivity index (χ4v) is 5.91. The molecule has 3 heterocycles. The molecule has 1 aliphatic heterocycles. The number of hydrogen-bond donors (Lipinski definition) is 1. The van der Waals surface area contributed by atoms with Gasteiger partial charge in [-0.15, -0.1) is 0 Å². The van der Waals surface area contributed by atoms with Crippen LogP contribution in [0.2, 0.25) is 0 Å². The largest absolute Gasteiger partial charge is 0.465 e. The molecule has 1 atom stereocenters. The molecule has 0 radical (unpaired) electrons. The van der Waals surface area contributed by atoms with Crippen molar-refractivity contribution < 1.29 is 22.2 Å². The average Bonchev–Trinajstić information content (AvgIpc) is 3.41. The second-order valence-corrected chi connectivity index (χ2v) is 10.3. The summed E-state index contributed by atoms with van der Waals surface area (Å²) in [6.45, 7) is 5.97. The van der Waals surface area contributed by atoms with Crippen LogP contribution in [0.15, 0.2) is 50.4 Å². The number of piperidine rings is 1. The summed E-state index contributed by atoms with van der Waals surface area (Å²) in [6, 6.07) is 9.32. The maximum Gasteiger partial charge on any atom is 0.248 e. The second-order valence-electron chi connectivity index (χ2n) is 8.38. The van der Waals surface area contributed by atoms with Gasteiger partial charge in [0.15, 0.2) is 10.7 Å². The van der Waals surface area contributed by atoms with Gasteiger partial charge in [0.2, 0.25) is 15.9 Å². The third-order valence-electron chi connectivity index (χ3n) is 5.62. The quantitative estimate of drug-likeness (QED) is 0.574. The van der Waals surface area contributed by atoms with Gasteiger partial charge in [0.1, 0.15) is 11.5 Å². The number of rotatable bonds is 6. The van der Waals surface area contributed by atoms with Crippen molar-refractivity contribution in [3.05, 3.63) is 64.9 Å². The van der Waals surface area contributed by atoms with Crippen molar-refractivity contribution in [3.8, 4) is 0 Å². The van der Waals surface area contributed by atoms with E-state index in [0.29, 0.717) is 25.1 Å². The first-order chi connectivity index (χ1) is 15.7. The molecular weight excluding hydrogens is 442 g/mol. The van der Waals surface area contributed by atoms with Gasteiger partial charge in [-0.2, -0.15) is 4.31 Å². The molecule has 3 aromatic rings. The van der Waals surface area contributed by atoms with Crippen LogP contribution < -0.4 is 5.32 Å². The summed E-state index contributed by atoms with van der Waals surface area (Å²) in [7, 11) is -3.91. The first-order valence-electron chi connectivity index (χ1n) is 10.8. The minimum absolute atomic E-state index is 0.0145. The number of nitrogens with one attached hydrogen (secondary N) is 1. The van der Waals surface area contributed by atoms with Crippen LogP contribution in [0.3, 0.4) is 0 Å². The Morgan fingerprint density at radius 1 is 1.18 bits per heavy atom. The molecule has 1 aliphatic rings. The topological polar surface area (TPSA) is 106 Å². The van der Waals surface area contributed by atoms with E-state index in [1.807, 2.05) is 32.0 Å². The number of benzene rings is 1. The molecule has 0 bridgehead atoms. The standard InChI is InChI=1S/C24H27N3O5S/c1-16-12-17(2)14-20(13-16)25-24(28)19-6-4-10-27(15-19)33(29,30)23-18(3)26-32-22(23)9-8-21-7-5-11-31-21/h5,7-9,11-14,19H,4,6,10,15H2,1-3H3,(H,25,28). The molecule has 174 valence electrons. The number of hydrogen-bond acceptors (Lipinski definition) is 6. The SMILES string of the molecule is Cc1cc(C)cc(NC(=O)C2CCCN(S(=O)(=O)c3c(C)noc3C=Cc3ccco3)C2)c1. The first kappa shape index (κ1) is 23.0. The molecule has 8 nitrogen and oxygen atoms in total. The maximum absolute atomic E-state index is 13.5. The highest BCUT2D eigenvalue weighted by atomic mass is 32.2. The molecular formula is C24H27N3O5S. The van der Waals surface area contributed by atoms with Crippen LogP contribution >= 0.6 is 0 Å².